The molecular formula is C25H24N6O2. The van der Waals surface area contributed by atoms with E-state index in [0.29, 0.717) is 25.5 Å². The highest BCUT2D eigenvalue weighted by Gasteiger charge is 2.23. The van der Waals surface area contributed by atoms with Crippen molar-refractivity contribution in [3.8, 4) is 0 Å². The average Bonchev–Trinajstić information content (AvgIpc) is 3.17. The lowest BCUT2D eigenvalue weighted by Gasteiger charge is -2.22. The van der Waals surface area contributed by atoms with Crippen LogP contribution in [0.1, 0.15) is 12.0 Å². The van der Waals surface area contributed by atoms with Crippen molar-refractivity contribution in [2.75, 3.05) is 28.6 Å². The number of fused-ring (bicyclic) bond motifs is 2. The lowest BCUT2D eigenvalue weighted by molar-refractivity contribution is -0.123. The smallest absolute Gasteiger partial charge is 0.240 e. The number of benzene rings is 3. The van der Waals surface area contributed by atoms with Gasteiger partial charge in [-0.3, -0.25) is 9.59 Å². The van der Waals surface area contributed by atoms with Crippen molar-refractivity contribution in [3.63, 3.8) is 0 Å². The first-order chi connectivity index (χ1) is 16.2. The summed E-state index contributed by atoms with van der Waals surface area (Å²) in [5, 5.41) is 9.41. The van der Waals surface area contributed by atoms with Crippen LogP contribution in [-0.4, -0.2) is 34.9 Å². The Morgan fingerprint density at radius 2 is 1.79 bits per heavy atom. The largest absolute Gasteiger partial charge is 0.383 e. The van der Waals surface area contributed by atoms with E-state index in [0.717, 1.165) is 33.7 Å². The van der Waals surface area contributed by atoms with Gasteiger partial charge in [0.05, 0.1) is 22.4 Å². The minimum absolute atomic E-state index is 0.0107. The molecule has 2 heterocycles. The summed E-state index contributed by atoms with van der Waals surface area (Å²) in [5.41, 5.74) is 5.33. The minimum atomic E-state index is -0.204. The van der Waals surface area contributed by atoms with Crippen LogP contribution in [0.25, 0.3) is 11.0 Å². The van der Waals surface area contributed by atoms with E-state index < -0.39 is 0 Å². The Balaban J connectivity index is 1.18. The Kier molecular flexibility index (Phi) is 5.63. The zero-order valence-corrected chi connectivity index (χ0v) is 18.0. The number of imidazole rings is 1. The Morgan fingerprint density at radius 1 is 1.00 bits per heavy atom. The fourth-order valence-corrected chi connectivity index (χ4v) is 3.86. The second-order valence-electron chi connectivity index (χ2n) is 7.88. The van der Waals surface area contributed by atoms with Gasteiger partial charge in [0.2, 0.25) is 17.8 Å². The number of amides is 2. The van der Waals surface area contributed by atoms with E-state index in [-0.39, 0.29) is 18.4 Å². The van der Waals surface area contributed by atoms with E-state index in [2.05, 4.69) is 25.9 Å². The number of rotatable bonds is 6. The van der Waals surface area contributed by atoms with Crippen LogP contribution in [0.3, 0.4) is 0 Å². The summed E-state index contributed by atoms with van der Waals surface area (Å²) in [7, 11) is 0. The van der Waals surface area contributed by atoms with Crippen LogP contribution < -0.4 is 20.9 Å². The molecule has 166 valence electrons. The summed E-state index contributed by atoms with van der Waals surface area (Å²) in [6.07, 6.45) is 0.349. The summed E-state index contributed by atoms with van der Waals surface area (Å²) < 4.78 is 0. The van der Waals surface area contributed by atoms with E-state index >= 15 is 0 Å². The van der Waals surface area contributed by atoms with Gasteiger partial charge in [-0.15, -0.1) is 0 Å². The number of hydrogen-bond acceptors (Lipinski definition) is 5. The summed E-state index contributed by atoms with van der Waals surface area (Å²) in [6, 6.07) is 23.2. The van der Waals surface area contributed by atoms with Gasteiger partial charge in [-0.25, -0.2) is 4.98 Å². The lowest BCUT2D eigenvalue weighted by atomic mass is 10.2. The molecule has 33 heavy (non-hydrogen) atoms. The fraction of sp³-hybridized carbons (Fsp3) is 0.160. The maximum Gasteiger partial charge on any atom is 0.240 e. The van der Waals surface area contributed by atoms with Gasteiger partial charge >= 0.3 is 0 Å². The molecule has 0 aliphatic carbocycles. The van der Waals surface area contributed by atoms with Crippen molar-refractivity contribution < 1.29 is 9.59 Å². The first kappa shape index (κ1) is 20.6. The summed E-state index contributed by atoms with van der Waals surface area (Å²) in [6.45, 7) is 0.928. The standard InChI is InChI=1S/C25H24N6O2/c32-23(16-31-22-8-4-3-7-21(22)26-14-13-24(31)33)27-15-17-9-11-18(12-10-17)28-25-29-19-5-1-2-6-20(19)30-25/h1-12,26H,13-16H2,(H,27,32)(H2,28,29,30). The first-order valence-electron chi connectivity index (χ1n) is 10.9. The number of anilines is 4. The number of carbonyl (C=O) groups excluding carboxylic acids is 2. The van der Waals surface area contributed by atoms with Gasteiger partial charge < -0.3 is 25.8 Å². The number of nitrogens with zero attached hydrogens (tertiary/aromatic N) is 2. The molecule has 0 fully saturated rings. The Morgan fingerprint density at radius 3 is 2.64 bits per heavy atom. The molecule has 8 nitrogen and oxygen atoms in total. The normalized spacial score (nSPS) is 13.2. The van der Waals surface area contributed by atoms with Crippen LogP contribution in [0.5, 0.6) is 0 Å². The van der Waals surface area contributed by atoms with Crippen molar-refractivity contribution in [1.82, 2.24) is 15.3 Å². The molecule has 0 unspecified atom stereocenters. The first-order valence-corrected chi connectivity index (χ1v) is 10.9. The van der Waals surface area contributed by atoms with E-state index in [1.165, 1.54) is 0 Å². The molecule has 0 atom stereocenters. The number of H-pyrrole nitrogens is 1. The van der Waals surface area contributed by atoms with E-state index in [1.807, 2.05) is 72.8 Å². The zero-order chi connectivity index (χ0) is 22.6. The third-order valence-electron chi connectivity index (χ3n) is 5.55. The molecule has 0 saturated heterocycles. The Labute approximate surface area is 191 Å². The molecule has 2 amide bonds. The summed E-state index contributed by atoms with van der Waals surface area (Å²) in [5.74, 6) is 0.405. The van der Waals surface area contributed by atoms with Crippen LogP contribution in [0.2, 0.25) is 0 Å². The molecule has 0 spiro atoms. The molecule has 4 N–H and O–H groups in total. The van der Waals surface area contributed by atoms with Crippen molar-refractivity contribution in [1.29, 1.82) is 0 Å². The molecule has 1 aliphatic heterocycles. The number of nitrogens with one attached hydrogen (secondary N) is 4. The van der Waals surface area contributed by atoms with Crippen molar-refractivity contribution >= 4 is 45.9 Å². The maximum absolute atomic E-state index is 12.6. The Bertz CT molecular complexity index is 1260. The van der Waals surface area contributed by atoms with Crippen LogP contribution in [-0.2, 0) is 16.1 Å². The number of hydrogen-bond donors (Lipinski definition) is 4. The lowest BCUT2D eigenvalue weighted by Crippen LogP contribution is -2.40. The van der Waals surface area contributed by atoms with Crippen molar-refractivity contribution in [2.45, 2.75) is 13.0 Å². The highest BCUT2D eigenvalue weighted by Crippen LogP contribution is 2.28. The van der Waals surface area contributed by atoms with Crippen LogP contribution in [0, 0.1) is 0 Å². The highest BCUT2D eigenvalue weighted by molar-refractivity contribution is 6.02. The van der Waals surface area contributed by atoms with Crippen molar-refractivity contribution in [3.05, 3.63) is 78.4 Å². The molecule has 0 bridgehead atoms. The second kappa shape index (κ2) is 9.04. The van der Waals surface area contributed by atoms with Gasteiger partial charge in [0.25, 0.3) is 0 Å². The molecule has 0 saturated carbocycles. The molecule has 8 heteroatoms. The van der Waals surface area contributed by atoms with Gasteiger partial charge in [0, 0.05) is 25.2 Å². The second-order valence-corrected chi connectivity index (χ2v) is 7.88. The SMILES string of the molecule is O=C(CN1C(=O)CCNc2ccccc21)NCc1ccc(Nc2nc3ccccc3[nH]2)cc1. The van der Waals surface area contributed by atoms with Gasteiger partial charge in [-0.05, 0) is 42.0 Å². The van der Waals surface area contributed by atoms with Crippen LogP contribution in [0.15, 0.2) is 72.8 Å². The van der Waals surface area contributed by atoms with Crippen molar-refractivity contribution in [2.24, 2.45) is 0 Å². The highest BCUT2D eigenvalue weighted by atomic mass is 16.2. The monoisotopic (exact) mass is 440 g/mol. The molecule has 1 aliphatic rings. The molecule has 5 rings (SSSR count). The van der Waals surface area contributed by atoms with Crippen LogP contribution >= 0.6 is 0 Å². The van der Waals surface area contributed by atoms with E-state index in [1.54, 1.807) is 4.90 Å². The topological polar surface area (TPSA) is 102 Å². The third kappa shape index (κ3) is 4.64. The van der Waals surface area contributed by atoms with Crippen LogP contribution in [0.4, 0.5) is 23.0 Å². The fourth-order valence-electron chi connectivity index (χ4n) is 3.86. The van der Waals surface area contributed by atoms with E-state index in [9.17, 15) is 9.59 Å². The van der Waals surface area contributed by atoms with E-state index in [4.69, 9.17) is 0 Å². The van der Waals surface area contributed by atoms with Gasteiger partial charge in [0.1, 0.15) is 6.54 Å². The van der Waals surface area contributed by atoms with Gasteiger partial charge in [-0.2, -0.15) is 0 Å². The number of para-hydroxylation sites is 4. The average molecular weight is 441 g/mol. The Hall–Kier alpha value is -4.33. The maximum atomic E-state index is 12.6. The molecule has 1 aromatic heterocycles. The molecule has 4 aromatic rings. The minimum Gasteiger partial charge on any atom is -0.383 e. The quantitative estimate of drug-likeness (QED) is 0.366. The third-order valence-corrected chi connectivity index (χ3v) is 5.55. The van der Waals surface area contributed by atoms with Gasteiger partial charge in [-0.1, -0.05) is 36.4 Å². The molecule has 3 aromatic carbocycles. The predicted octanol–water partition coefficient (Wildman–Crippen LogP) is 3.77. The predicted molar refractivity (Wildman–Crippen MR) is 130 cm³/mol. The molecular weight excluding hydrogens is 416 g/mol. The summed E-state index contributed by atoms with van der Waals surface area (Å²) >= 11 is 0. The summed E-state index contributed by atoms with van der Waals surface area (Å²) in [4.78, 5) is 34.4. The number of carbonyl (C=O) groups is 2. The zero-order valence-electron chi connectivity index (χ0n) is 18.0. The molecule has 0 radical (unpaired) electrons. The van der Waals surface area contributed by atoms with Gasteiger partial charge in [0.15, 0.2) is 0 Å². The number of aromatic amines is 1. The number of aromatic nitrogens is 2.